The number of nitrogens with two attached hydrogens (primary N) is 1. The Hall–Kier alpha value is -1.21. The molecule has 9 heteroatoms. The second-order valence-electron chi connectivity index (χ2n) is 7.22. The van der Waals surface area contributed by atoms with Crippen molar-refractivity contribution in [3.8, 4) is 0 Å². The van der Waals surface area contributed by atoms with Crippen LogP contribution in [0.15, 0.2) is 24.3 Å². The number of likely N-dealkylation sites (tertiary alicyclic amines) is 1. The van der Waals surface area contributed by atoms with Crippen molar-refractivity contribution >= 4 is 53.9 Å². The van der Waals surface area contributed by atoms with E-state index < -0.39 is 0 Å². The topological polar surface area (TPSA) is 69.9 Å². The second-order valence-corrected chi connectivity index (χ2v) is 7.63. The highest BCUT2D eigenvalue weighted by atomic mass is 35.5. The molecule has 0 radical (unpaired) electrons. The van der Waals surface area contributed by atoms with Gasteiger partial charge in [-0.15, -0.1) is 24.8 Å². The van der Waals surface area contributed by atoms with Crippen LogP contribution in [0.4, 0.5) is 5.69 Å². The lowest BCUT2D eigenvalue weighted by Crippen LogP contribution is -2.51. The van der Waals surface area contributed by atoms with E-state index in [9.17, 15) is 9.59 Å². The molecular formula is C19H29Cl3N4O2. The largest absolute Gasteiger partial charge is 0.367 e. The quantitative estimate of drug-likeness (QED) is 0.750. The molecule has 0 unspecified atom stereocenters. The average Bonchev–Trinajstić information content (AvgIpc) is 2.84. The molecule has 28 heavy (non-hydrogen) atoms. The van der Waals surface area contributed by atoms with Gasteiger partial charge in [-0.2, -0.15) is 0 Å². The number of carbonyl (C=O) groups is 2. The van der Waals surface area contributed by atoms with Crippen LogP contribution >= 0.6 is 36.4 Å². The summed E-state index contributed by atoms with van der Waals surface area (Å²) in [5.74, 6) is -0.0211. The molecule has 2 amide bonds. The second kappa shape index (κ2) is 11.1. The summed E-state index contributed by atoms with van der Waals surface area (Å²) in [6, 6.07) is 7.75. The van der Waals surface area contributed by atoms with E-state index in [2.05, 4.69) is 4.90 Å². The van der Waals surface area contributed by atoms with Crippen LogP contribution in [0, 0.1) is 5.92 Å². The van der Waals surface area contributed by atoms with E-state index in [1.165, 1.54) is 0 Å². The Kier molecular flexibility index (Phi) is 9.84. The number of nitrogens with zero attached hydrogens (tertiary/aromatic N) is 3. The lowest BCUT2D eigenvalue weighted by atomic mass is 10.00. The molecule has 0 aromatic heterocycles. The van der Waals surface area contributed by atoms with Gasteiger partial charge in [0.15, 0.2) is 0 Å². The van der Waals surface area contributed by atoms with Crippen LogP contribution in [-0.4, -0.2) is 66.9 Å². The van der Waals surface area contributed by atoms with Gasteiger partial charge in [-0.1, -0.05) is 23.7 Å². The fourth-order valence-corrected chi connectivity index (χ4v) is 4.07. The maximum absolute atomic E-state index is 13.0. The molecule has 2 saturated heterocycles. The van der Waals surface area contributed by atoms with Crippen molar-refractivity contribution in [2.45, 2.75) is 25.8 Å². The first-order valence-electron chi connectivity index (χ1n) is 9.25. The summed E-state index contributed by atoms with van der Waals surface area (Å²) in [7, 11) is 0. The SMILES string of the molecule is CC(=O)N1C[C@@H](N)CC[C@@H](C(=O)N2CCN(c3ccccc3Cl)CC2)C1.Cl.Cl. The molecule has 0 aliphatic carbocycles. The Morgan fingerprint density at radius 3 is 2.25 bits per heavy atom. The Labute approximate surface area is 184 Å². The number of halogens is 3. The number of carbonyl (C=O) groups excluding carboxylic acids is 2. The number of rotatable bonds is 2. The Balaban J connectivity index is 0.00000196. The smallest absolute Gasteiger partial charge is 0.227 e. The molecule has 6 nitrogen and oxygen atoms in total. The van der Waals surface area contributed by atoms with Gasteiger partial charge in [0.05, 0.1) is 16.6 Å². The van der Waals surface area contributed by atoms with E-state index in [-0.39, 0.29) is 48.6 Å². The first-order valence-corrected chi connectivity index (χ1v) is 9.63. The standard InChI is InChI=1S/C19H27ClN4O2.2ClH/c1-14(25)24-12-15(6-7-16(21)13-24)19(26)23-10-8-22(9-11-23)18-5-3-2-4-17(18)20;;/h2-5,15-16H,6-13,21H2,1H3;2*1H/t15-,16+;;/m1../s1. The normalized spacial score (nSPS) is 22.6. The van der Waals surface area contributed by atoms with Crippen LogP contribution in [0.1, 0.15) is 19.8 Å². The Bertz CT molecular complexity index is 668. The van der Waals surface area contributed by atoms with Gasteiger partial charge < -0.3 is 20.4 Å². The van der Waals surface area contributed by atoms with Gasteiger partial charge in [-0.25, -0.2) is 0 Å². The lowest BCUT2D eigenvalue weighted by molar-refractivity contribution is -0.138. The van der Waals surface area contributed by atoms with Gasteiger partial charge in [0.1, 0.15) is 0 Å². The molecule has 2 atom stereocenters. The molecule has 2 heterocycles. The molecule has 2 aliphatic heterocycles. The lowest BCUT2D eigenvalue weighted by Gasteiger charge is -2.38. The third-order valence-electron chi connectivity index (χ3n) is 5.36. The first kappa shape index (κ1) is 24.8. The highest BCUT2D eigenvalue weighted by Crippen LogP contribution is 2.27. The summed E-state index contributed by atoms with van der Waals surface area (Å²) < 4.78 is 0. The summed E-state index contributed by atoms with van der Waals surface area (Å²) in [5, 5.41) is 0.738. The maximum atomic E-state index is 13.0. The highest BCUT2D eigenvalue weighted by Gasteiger charge is 2.32. The van der Waals surface area contributed by atoms with Crippen LogP contribution in [0.2, 0.25) is 5.02 Å². The average molecular weight is 452 g/mol. The summed E-state index contributed by atoms with van der Waals surface area (Å²) in [6.45, 7) is 5.43. The molecule has 1 aromatic carbocycles. The zero-order valence-electron chi connectivity index (χ0n) is 16.1. The molecular weight excluding hydrogens is 423 g/mol. The fourth-order valence-electron chi connectivity index (χ4n) is 3.81. The summed E-state index contributed by atoms with van der Waals surface area (Å²) >= 11 is 6.28. The maximum Gasteiger partial charge on any atom is 0.227 e. The van der Waals surface area contributed by atoms with Crippen molar-refractivity contribution in [3.63, 3.8) is 0 Å². The van der Waals surface area contributed by atoms with Crippen LogP contribution in [0.5, 0.6) is 0 Å². The van der Waals surface area contributed by atoms with Crippen molar-refractivity contribution in [2.75, 3.05) is 44.2 Å². The molecule has 2 aliphatic rings. The van der Waals surface area contributed by atoms with Gasteiger partial charge in [0, 0.05) is 52.2 Å². The zero-order chi connectivity index (χ0) is 18.7. The first-order chi connectivity index (χ1) is 12.5. The van der Waals surface area contributed by atoms with E-state index in [0.29, 0.717) is 26.2 Å². The third kappa shape index (κ3) is 5.89. The number of amides is 2. The van der Waals surface area contributed by atoms with E-state index in [4.69, 9.17) is 17.3 Å². The van der Waals surface area contributed by atoms with Gasteiger partial charge in [0.25, 0.3) is 0 Å². The summed E-state index contributed by atoms with van der Waals surface area (Å²) in [5.41, 5.74) is 7.08. The van der Waals surface area contributed by atoms with E-state index in [1.54, 1.807) is 11.8 Å². The van der Waals surface area contributed by atoms with Gasteiger partial charge in [-0.3, -0.25) is 9.59 Å². The number of para-hydroxylation sites is 1. The molecule has 0 spiro atoms. The number of anilines is 1. The molecule has 1 aromatic rings. The van der Waals surface area contributed by atoms with Crippen LogP contribution in [-0.2, 0) is 9.59 Å². The minimum absolute atomic E-state index is 0. The van der Waals surface area contributed by atoms with Crippen LogP contribution in [0.25, 0.3) is 0 Å². The van der Waals surface area contributed by atoms with Crippen molar-refractivity contribution in [3.05, 3.63) is 29.3 Å². The number of piperazine rings is 1. The third-order valence-corrected chi connectivity index (χ3v) is 5.68. The predicted molar refractivity (Wildman–Crippen MR) is 118 cm³/mol. The number of hydrogen-bond donors (Lipinski definition) is 1. The zero-order valence-corrected chi connectivity index (χ0v) is 18.4. The summed E-state index contributed by atoms with van der Waals surface area (Å²) in [6.07, 6.45) is 1.52. The molecule has 2 fully saturated rings. The van der Waals surface area contributed by atoms with Gasteiger partial charge >= 0.3 is 0 Å². The fraction of sp³-hybridized carbons (Fsp3) is 0.579. The van der Waals surface area contributed by atoms with Crippen molar-refractivity contribution in [1.82, 2.24) is 9.80 Å². The predicted octanol–water partition coefficient (Wildman–Crippen LogP) is 2.42. The van der Waals surface area contributed by atoms with Crippen molar-refractivity contribution in [1.29, 1.82) is 0 Å². The molecule has 2 N–H and O–H groups in total. The Morgan fingerprint density at radius 1 is 1.00 bits per heavy atom. The summed E-state index contributed by atoms with van der Waals surface area (Å²) in [4.78, 5) is 30.7. The van der Waals surface area contributed by atoms with Crippen LogP contribution < -0.4 is 10.6 Å². The van der Waals surface area contributed by atoms with E-state index in [0.717, 1.165) is 36.6 Å². The van der Waals surface area contributed by atoms with Crippen molar-refractivity contribution in [2.24, 2.45) is 11.7 Å². The minimum Gasteiger partial charge on any atom is -0.367 e. The number of hydrogen-bond acceptors (Lipinski definition) is 4. The Morgan fingerprint density at radius 2 is 1.64 bits per heavy atom. The van der Waals surface area contributed by atoms with E-state index in [1.807, 2.05) is 29.2 Å². The van der Waals surface area contributed by atoms with Gasteiger partial charge in [-0.05, 0) is 25.0 Å². The van der Waals surface area contributed by atoms with Gasteiger partial charge in [0.2, 0.25) is 11.8 Å². The molecule has 158 valence electrons. The molecule has 0 saturated carbocycles. The molecule has 0 bridgehead atoms. The van der Waals surface area contributed by atoms with Crippen LogP contribution in [0.3, 0.4) is 0 Å². The molecule has 3 rings (SSSR count). The van der Waals surface area contributed by atoms with E-state index >= 15 is 0 Å². The highest BCUT2D eigenvalue weighted by molar-refractivity contribution is 6.33. The minimum atomic E-state index is -0.153. The monoisotopic (exact) mass is 450 g/mol. The number of benzene rings is 1. The van der Waals surface area contributed by atoms with Crippen molar-refractivity contribution < 1.29 is 9.59 Å².